The summed E-state index contributed by atoms with van der Waals surface area (Å²) in [6.07, 6.45) is 3.65. The predicted molar refractivity (Wildman–Crippen MR) is 66.6 cm³/mol. The molecular weight excluding hydrogens is 233 g/mol. The number of halogens is 1. The molecule has 1 saturated carbocycles. The first kappa shape index (κ1) is 13.0. The highest BCUT2D eigenvalue weighted by Gasteiger charge is 2.30. The van der Waals surface area contributed by atoms with Gasteiger partial charge in [-0.1, -0.05) is 25.0 Å². The van der Waals surface area contributed by atoms with Gasteiger partial charge in [0.15, 0.2) is 0 Å². The largest absolute Gasteiger partial charge is 0.481 e. The van der Waals surface area contributed by atoms with Gasteiger partial charge in [-0.2, -0.15) is 0 Å². The van der Waals surface area contributed by atoms with Crippen molar-refractivity contribution in [2.24, 2.45) is 5.92 Å². The number of nitrogens with one attached hydrogen (secondary N) is 1. The fraction of sp³-hybridized carbons (Fsp3) is 0.500. The minimum Gasteiger partial charge on any atom is -0.481 e. The van der Waals surface area contributed by atoms with Crippen molar-refractivity contribution < 1.29 is 14.3 Å². The second-order valence-corrected chi connectivity index (χ2v) is 4.85. The smallest absolute Gasteiger partial charge is 0.308 e. The van der Waals surface area contributed by atoms with Gasteiger partial charge in [-0.25, -0.2) is 4.39 Å². The van der Waals surface area contributed by atoms with Gasteiger partial charge in [-0.3, -0.25) is 4.79 Å². The number of hydrogen-bond acceptors (Lipinski definition) is 2. The summed E-state index contributed by atoms with van der Waals surface area (Å²) in [6.45, 7) is 0.520. The minimum absolute atomic E-state index is 0.000447. The summed E-state index contributed by atoms with van der Waals surface area (Å²) in [5, 5.41) is 12.4. The van der Waals surface area contributed by atoms with Gasteiger partial charge in [0.25, 0.3) is 0 Å². The zero-order chi connectivity index (χ0) is 13.0. The molecule has 0 aliphatic heterocycles. The second-order valence-electron chi connectivity index (χ2n) is 4.85. The Labute approximate surface area is 106 Å². The first-order chi connectivity index (χ1) is 8.66. The topological polar surface area (TPSA) is 49.3 Å². The van der Waals surface area contributed by atoms with Crippen LogP contribution in [0.1, 0.15) is 31.2 Å². The molecule has 98 valence electrons. The van der Waals surface area contributed by atoms with Crippen LogP contribution in [0.5, 0.6) is 0 Å². The summed E-state index contributed by atoms with van der Waals surface area (Å²) in [5.74, 6) is -1.30. The van der Waals surface area contributed by atoms with Crippen LogP contribution in [0.2, 0.25) is 0 Å². The fourth-order valence-corrected chi connectivity index (χ4v) is 2.57. The van der Waals surface area contributed by atoms with Gasteiger partial charge in [0.2, 0.25) is 0 Å². The highest BCUT2D eigenvalue weighted by atomic mass is 19.1. The van der Waals surface area contributed by atoms with Crippen molar-refractivity contribution in [1.82, 2.24) is 5.32 Å². The van der Waals surface area contributed by atoms with E-state index in [1.54, 1.807) is 6.07 Å². The number of carboxylic acids is 1. The van der Waals surface area contributed by atoms with Gasteiger partial charge in [0.05, 0.1) is 5.92 Å². The van der Waals surface area contributed by atoms with Crippen LogP contribution in [-0.4, -0.2) is 17.1 Å². The Morgan fingerprint density at radius 1 is 1.39 bits per heavy atom. The first-order valence-corrected chi connectivity index (χ1v) is 6.37. The highest BCUT2D eigenvalue weighted by Crippen LogP contribution is 2.25. The van der Waals surface area contributed by atoms with E-state index in [2.05, 4.69) is 5.32 Å². The molecule has 0 bridgehead atoms. The van der Waals surface area contributed by atoms with E-state index < -0.39 is 5.97 Å². The second kappa shape index (κ2) is 5.96. The fourth-order valence-electron chi connectivity index (χ4n) is 2.57. The van der Waals surface area contributed by atoms with Gasteiger partial charge in [0.1, 0.15) is 5.82 Å². The third-order valence-electron chi connectivity index (χ3n) is 3.54. The van der Waals surface area contributed by atoms with Crippen LogP contribution in [0.3, 0.4) is 0 Å². The third-order valence-corrected chi connectivity index (χ3v) is 3.54. The van der Waals surface area contributed by atoms with Crippen molar-refractivity contribution in [3.05, 3.63) is 35.6 Å². The van der Waals surface area contributed by atoms with Gasteiger partial charge in [-0.05, 0) is 30.5 Å². The summed E-state index contributed by atoms with van der Waals surface area (Å²) in [7, 11) is 0. The molecule has 0 aromatic heterocycles. The van der Waals surface area contributed by atoms with Crippen LogP contribution in [0, 0.1) is 11.7 Å². The van der Waals surface area contributed by atoms with Crippen LogP contribution in [-0.2, 0) is 11.3 Å². The lowest BCUT2D eigenvalue weighted by Gasteiger charge is -2.29. The van der Waals surface area contributed by atoms with Gasteiger partial charge >= 0.3 is 5.97 Å². The van der Waals surface area contributed by atoms with Crippen molar-refractivity contribution in [3.63, 3.8) is 0 Å². The van der Waals surface area contributed by atoms with Crippen LogP contribution < -0.4 is 5.32 Å². The maximum Gasteiger partial charge on any atom is 0.308 e. The quantitative estimate of drug-likeness (QED) is 0.864. The molecule has 3 nitrogen and oxygen atoms in total. The molecule has 4 heteroatoms. The van der Waals surface area contributed by atoms with Gasteiger partial charge in [0, 0.05) is 12.6 Å². The molecule has 1 aliphatic carbocycles. The van der Waals surface area contributed by atoms with Crippen molar-refractivity contribution in [2.75, 3.05) is 0 Å². The normalized spacial score (nSPS) is 23.8. The lowest BCUT2D eigenvalue weighted by Crippen LogP contribution is -2.41. The van der Waals surface area contributed by atoms with Crippen molar-refractivity contribution >= 4 is 5.97 Å². The van der Waals surface area contributed by atoms with E-state index in [1.807, 2.05) is 6.07 Å². The van der Waals surface area contributed by atoms with E-state index in [0.717, 1.165) is 31.2 Å². The van der Waals surface area contributed by atoms with E-state index in [-0.39, 0.29) is 17.8 Å². The monoisotopic (exact) mass is 251 g/mol. The van der Waals surface area contributed by atoms with E-state index in [0.29, 0.717) is 6.54 Å². The molecule has 0 unspecified atom stereocenters. The molecular formula is C14H18FNO2. The van der Waals surface area contributed by atoms with Crippen molar-refractivity contribution in [1.29, 1.82) is 0 Å². The molecule has 1 fully saturated rings. The predicted octanol–water partition coefficient (Wildman–Crippen LogP) is 2.56. The Balaban J connectivity index is 1.93. The summed E-state index contributed by atoms with van der Waals surface area (Å²) >= 11 is 0. The van der Waals surface area contributed by atoms with E-state index in [9.17, 15) is 9.18 Å². The lowest BCUT2D eigenvalue weighted by atomic mass is 9.84. The number of carboxylic acid groups (broad SMARTS) is 1. The Kier molecular flexibility index (Phi) is 4.31. The maximum atomic E-state index is 13.0. The average Bonchev–Trinajstić information content (AvgIpc) is 2.37. The Bertz CT molecular complexity index is 422. The molecule has 1 aliphatic rings. The number of benzene rings is 1. The molecule has 0 saturated heterocycles. The first-order valence-electron chi connectivity index (χ1n) is 6.37. The molecule has 1 aromatic rings. The molecule has 2 rings (SSSR count). The Morgan fingerprint density at radius 2 is 2.17 bits per heavy atom. The van der Waals surface area contributed by atoms with Crippen LogP contribution in [0.4, 0.5) is 4.39 Å². The molecule has 18 heavy (non-hydrogen) atoms. The SMILES string of the molecule is O=C(O)[C@@H]1CCCC[C@H]1NCc1cccc(F)c1. The maximum absolute atomic E-state index is 13.0. The molecule has 1 aromatic carbocycles. The number of rotatable bonds is 4. The number of carbonyl (C=O) groups is 1. The minimum atomic E-state index is -0.730. The van der Waals surface area contributed by atoms with Crippen LogP contribution >= 0.6 is 0 Å². The summed E-state index contributed by atoms with van der Waals surface area (Å²) < 4.78 is 13.0. The highest BCUT2D eigenvalue weighted by molar-refractivity contribution is 5.71. The lowest BCUT2D eigenvalue weighted by molar-refractivity contribution is -0.143. The van der Waals surface area contributed by atoms with Crippen molar-refractivity contribution in [3.8, 4) is 0 Å². The zero-order valence-corrected chi connectivity index (χ0v) is 10.2. The number of hydrogen-bond donors (Lipinski definition) is 2. The third kappa shape index (κ3) is 3.29. The molecule has 2 atom stereocenters. The number of aliphatic carboxylic acids is 1. The van der Waals surface area contributed by atoms with Crippen molar-refractivity contribution in [2.45, 2.75) is 38.3 Å². The molecule has 0 amide bonds. The van der Waals surface area contributed by atoms with Gasteiger partial charge in [-0.15, -0.1) is 0 Å². The molecule has 2 N–H and O–H groups in total. The zero-order valence-electron chi connectivity index (χ0n) is 10.2. The average molecular weight is 251 g/mol. The Morgan fingerprint density at radius 3 is 2.89 bits per heavy atom. The summed E-state index contributed by atoms with van der Waals surface area (Å²) in [4.78, 5) is 11.1. The Hall–Kier alpha value is -1.42. The van der Waals surface area contributed by atoms with E-state index in [1.165, 1.54) is 12.1 Å². The van der Waals surface area contributed by atoms with Crippen LogP contribution in [0.25, 0.3) is 0 Å². The standard InChI is InChI=1S/C14H18FNO2/c15-11-5-3-4-10(8-11)9-16-13-7-2-1-6-12(13)14(17)18/h3-5,8,12-13,16H,1-2,6-7,9H2,(H,17,18)/t12-,13-/m1/s1. The summed E-state index contributed by atoms with van der Waals surface area (Å²) in [6, 6.07) is 6.39. The van der Waals surface area contributed by atoms with Crippen LogP contribution in [0.15, 0.2) is 24.3 Å². The molecule has 0 radical (unpaired) electrons. The van der Waals surface area contributed by atoms with E-state index in [4.69, 9.17) is 5.11 Å². The van der Waals surface area contributed by atoms with E-state index >= 15 is 0 Å². The molecule has 0 spiro atoms. The van der Waals surface area contributed by atoms with Gasteiger partial charge < -0.3 is 10.4 Å². The molecule has 0 heterocycles. The summed E-state index contributed by atoms with van der Waals surface area (Å²) in [5.41, 5.74) is 0.852.